The minimum Gasteiger partial charge on any atom is -0.399 e. The third-order valence-corrected chi connectivity index (χ3v) is 4.86. The molecular weight excluding hydrogens is 390 g/mol. The van der Waals surface area contributed by atoms with Gasteiger partial charge in [-0.3, -0.25) is 0 Å². The number of nitrogens with zero attached hydrogens (tertiary/aromatic N) is 1. The van der Waals surface area contributed by atoms with Gasteiger partial charge < -0.3 is 11.1 Å². The smallest absolute Gasteiger partial charge is 0.188 e. The van der Waals surface area contributed by atoms with Crippen LogP contribution in [0.4, 0.5) is 16.5 Å². The van der Waals surface area contributed by atoms with Crippen LogP contribution in [0.3, 0.4) is 0 Å². The average Bonchev–Trinajstić information content (AvgIpc) is 2.75. The second-order valence-corrected chi connectivity index (χ2v) is 6.71. The molecule has 0 bridgehead atoms. The van der Waals surface area contributed by atoms with Gasteiger partial charge in [0.2, 0.25) is 0 Å². The maximum atomic E-state index is 5.78. The number of nitrogen functional groups attached to an aromatic ring is 1. The number of hydrogen-bond donors (Lipinski definition) is 2. The van der Waals surface area contributed by atoms with Crippen LogP contribution in [0, 0.1) is 0 Å². The van der Waals surface area contributed by atoms with Crippen molar-refractivity contribution in [3.63, 3.8) is 0 Å². The summed E-state index contributed by atoms with van der Waals surface area (Å²) in [6.07, 6.45) is 0. The van der Waals surface area contributed by atoms with E-state index in [0.29, 0.717) is 0 Å². The molecule has 0 spiro atoms. The molecule has 1 aromatic heterocycles. The number of para-hydroxylation sites is 1. The molecule has 0 saturated carbocycles. The first-order valence-corrected chi connectivity index (χ1v) is 7.91. The lowest BCUT2D eigenvalue weighted by Crippen LogP contribution is -1.91. The second kappa shape index (κ2) is 5.11. The van der Waals surface area contributed by atoms with Crippen molar-refractivity contribution in [2.75, 3.05) is 11.1 Å². The van der Waals surface area contributed by atoms with Gasteiger partial charge in [0.05, 0.1) is 15.9 Å². The molecule has 19 heavy (non-hydrogen) atoms. The Hall–Kier alpha value is -1.11. The summed E-state index contributed by atoms with van der Waals surface area (Å²) >= 11 is 8.63. The quantitative estimate of drug-likeness (QED) is 0.587. The molecule has 0 atom stereocenters. The first-order valence-electron chi connectivity index (χ1n) is 5.50. The zero-order valence-corrected chi connectivity index (χ0v) is 13.6. The van der Waals surface area contributed by atoms with Gasteiger partial charge >= 0.3 is 0 Å². The van der Waals surface area contributed by atoms with E-state index >= 15 is 0 Å². The summed E-state index contributed by atoms with van der Waals surface area (Å²) in [6.45, 7) is 0. The third-order valence-electron chi connectivity index (χ3n) is 2.61. The van der Waals surface area contributed by atoms with E-state index in [2.05, 4.69) is 42.2 Å². The highest BCUT2D eigenvalue weighted by Gasteiger charge is 2.08. The van der Waals surface area contributed by atoms with Gasteiger partial charge in [0, 0.05) is 14.6 Å². The van der Waals surface area contributed by atoms with Gasteiger partial charge in [-0.15, -0.1) is 0 Å². The summed E-state index contributed by atoms with van der Waals surface area (Å²) in [5.74, 6) is 0. The fraction of sp³-hybridized carbons (Fsp3) is 0. The Labute approximate surface area is 131 Å². The number of aromatic nitrogens is 1. The predicted molar refractivity (Wildman–Crippen MR) is 89.2 cm³/mol. The maximum Gasteiger partial charge on any atom is 0.188 e. The van der Waals surface area contributed by atoms with Gasteiger partial charge in [-0.25, -0.2) is 4.98 Å². The van der Waals surface area contributed by atoms with Crippen molar-refractivity contribution in [1.29, 1.82) is 0 Å². The van der Waals surface area contributed by atoms with E-state index < -0.39 is 0 Å². The number of nitrogens with two attached hydrogens (primary N) is 1. The molecule has 0 fully saturated rings. The molecule has 96 valence electrons. The van der Waals surface area contributed by atoms with Crippen LogP contribution < -0.4 is 11.1 Å². The van der Waals surface area contributed by atoms with Gasteiger partial charge in [0.15, 0.2) is 5.13 Å². The number of rotatable bonds is 2. The number of thiazole rings is 1. The molecule has 0 radical (unpaired) electrons. The van der Waals surface area contributed by atoms with Crippen molar-refractivity contribution in [3.05, 3.63) is 45.3 Å². The fourth-order valence-electron chi connectivity index (χ4n) is 1.72. The lowest BCUT2D eigenvalue weighted by Gasteiger charge is -2.07. The number of hydrogen-bond acceptors (Lipinski definition) is 4. The standard InChI is InChI=1S/C13H9Br2N3S/c14-8-2-1-3-9(15)12(8)18-13-17-10-5-4-7(16)6-11(10)19-13/h1-6H,16H2,(H,17,18). The number of halogens is 2. The van der Waals surface area contributed by atoms with E-state index in [9.17, 15) is 0 Å². The van der Waals surface area contributed by atoms with Crippen molar-refractivity contribution >= 4 is 69.9 Å². The van der Waals surface area contributed by atoms with Gasteiger partial charge in [0.1, 0.15) is 0 Å². The van der Waals surface area contributed by atoms with E-state index in [1.54, 1.807) is 11.3 Å². The van der Waals surface area contributed by atoms with E-state index in [-0.39, 0.29) is 0 Å². The zero-order valence-electron chi connectivity index (χ0n) is 9.65. The van der Waals surface area contributed by atoms with Crippen LogP contribution in [0.15, 0.2) is 45.3 Å². The van der Waals surface area contributed by atoms with Crippen molar-refractivity contribution in [2.24, 2.45) is 0 Å². The Kier molecular flexibility index (Phi) is 3.47. The zero-order chi connectivity index (χ0) is 13.4. The normalized spacial score (nSPS) is 10.8. The predicted octanol–water partition coefficient (Wildman–Crippen LogP) is 5.15. The Morgan fingerprint density at radius 3 is 2.58 bits per heavy atom. The van der Waals surface area contributed by atoms with E-state index in [4.69, 9.17) is 5.73 Å². The molecule has 2 aromatic carbocycles. The molecule has 0 unspecified atom stereocenters. The van der Waals surface area contributed by atoms with Gasteiger partial charge in [0.25, 0.3) is 0 Å². The minimum atomic E-state index is 0.754. The summed E-state index contributed by atoms with van der Waals surface area (Å²) in [6, 6.07) is 11.7. The highest BCUT2D eigenvalue weighted by atomic mass is 79.9. The maximum absolute atomic E-state index is 5.78. The fourth-order valence-corrected chi connectivity index (χ4v) is 3.83. The molecule has 3 nitrogen and oxygen atoms in total. The monoisotopic (exact) mass is 397 g/mol. The van der Waals surface area contributed by atoms with Gasteiger partial charge in [-0.2, -0.15) is 0 Å². The highest BCUT2D eigenvalue weighted by Crippen LogP contribution is 2.36. The Morgan fingerprint density at radius 1 is 1.11 bits per heavy atom. The summed E-state index contributed by atoms with van der Waals surface area (Å²) in [4.78, 5) is 4.54. The Bertz CT molecular complexity index is 734. The summed E-state index contributed by atoms with van der Waals surface area (Å²) in [5.41, 5.74) is 8.45. The molecule has 3 N–H and O–H groups in total. The molecule has 0 saturated heterocycles. The molecule has 1 heterocycles. The first-order chi connectivity index (χ1) is 9.13. The minimum absolute atomic E-state index is 0.754. The molecule has 3 rings (SSSR count). The largest absolute Gasteiger partial charge is 0.399 e. The molecule has 0 aliphatic rings. The number of anilines is 3. The molecule has 0 amide bonds. The molecule has 0 aliphatic heterocycles. The van der Waals surface area contributed by atoms with Crippen molar-refractivity contribution in [1.82, 2.24) is 4.98 Å². The van der Waals surface area contributed by atoms with Crippen LogP contribution >= 0.6 is 43.2 Å². The van der Waals surface area contributed by atoms with Crippen molar-refractivity contribution in [2.45, 2.75) is 0 Å². The summed E-state index contributed by atoms with van der Waals surface area (Å²) in [7, 11) is 0. The van der Waals surface area contributed by atoms with E-state index in [0.717, 1.165) is 35.7 Å². The Morgan fingerprint density at radius 2 is 1.84 bits per heavy atom. The molecule has 6 heteroatoms. The third kappa shape index (κ3) is 2.61. The number of nitrogens with one attached hydrogen (secondary N) is 1. The van der Waals surface area contributed by atoms with Crippen LogP contribution in [0.25, 0.3) is 10.2 Å². The van der Waals surface area contributed by atoms with E-state index in [1.807, 2.05) is 36.4 Å². The molecule has 0 aliphatic carbocycles. The van der Waals surface area contributed by atoms with Gasteiger partial charge in [-0.05, 0) is 62.2 Å². The highest BCUT2D eigenvalue weighted by molar-refractivity contribution is 9.11. The van der Waals surface area contributed by atoms with Crippen molar-refractivity contribution in [3.8, 4) is 0 Å². The van der Waals surface area contributed by atoms with Crippen molar-refractivity contribution < 1.29 is 0 Å². The first kappa shape index (κ1) is 12.9. The number of benzene rings is 2. The molecule has 3 aromatic rings. The van der Waals surface area contributed by atoms with Crippen LogP contribution in [-0.4, -0.2) is 4.98 Å². The Balaban J connectivity index is 2.01. The summed E-state index contributed by atoms with van der Waals surface area (Å²) < 4.78 is 3.05. The topological polar surface area (TPSA) is 50.9 Å². The van der Waals surface area contributed by atoms with Crippen LogP contribution in [0.1, 0.15) is 0 Å². The van der Waals surface area contributed by atoms with Crippen LogP contribution in [0.2, 0.25) is 0 Å². The van der Waals surface area contributed by atoms with Crippen LogP contribution in [-0.2, 0) is 0 Å². The average molecular weight is 399 g/mol. The molecular formula is C13H9Br2N3S. The lowest BCUT2D eigenvalue weighted by molar-refractivity contribution is 1.42. The van der Waals surface area contributed by atoms with E-state index in [1.165, 1.54) is 0 Å². The SMILES string of the molecule is Nc1ccc2nc(Nc3c(Br)cccc3Br)sc2c1. The summed E-state index contributed by atoms with van der Waals surface area (Å²) in [5, 5.41) is 4.16. The second-order valence-electron chi connectivity index (χ2n) is 3.97. The van der Waals surface area contributed by atoms with Gasteiger partial charge in [-0.1, -0.05) is 17.4 Å². The van der Waals surface area contributed by atoms with Crippen LogP contribution in [0.5, 0.6) is 0 Å². The lowest BCUT2D eigenvalue weighted by atomic mass is 10.3. The number of fused-ring (bicyclic) bond motifs is 1.